The third-order valence-electron chi connectivity index (χ3n) is 3.75. The third-order valence-corrected chi connectivity index (χ3v) is 3.75. The summed E-state index contributed by atoms with van der Waals surface area (Å²) in [6.45, 7) is 0.893. The number of nitrogens with one attached hydrogen (secondary N) is 1. The van der Waals surface area contributed by atoms with Gasteiger partial charge in [-0.25, -0.2) is 0 Å². The lowest BCUT2D eigenvalue weighted by Crippen LogP contribution is -2.04. The first-order valence-electron chi connectivity index (χ1n) is 7.13. The zero-order chi connectivity index (χ0) is 14.7. The van der Waals surface area contributed by atoms with Gasteiger partial charge in [0.05, 0.1) is 7.11 Å². The summed E-state index contributed by atoms with van der Waals surface area (Å²) in [5, 5.41) is 5.54. The second-order valence-electron chi connectivity index (χ2n) is 5.09. The fraction of sp³-hybridized carbons (Fsp3) is 0.158. The monoisotopic (exact) mass is 277 g/mol. The van der Waals surface area contributed by atoms with Crippen molar-refractivity contribution in [3.63, 3.8) is 0 Å². The van der Waals surface area contributed by atoms with Crippen molar-refractivity contribution in [1.29, 1.82) is 0 Å². The van der Waals surface area contributed by atoms with Crippen LogP contribution in [0.5, 0.6) is 5.75 Å². The van der Waals surface area contributed by atoms with E-state index in [0.717, 1.165) is 17.7 Å². The van der Waals surface area contributed by atoms with Crippen LogP contribution >= 0.6 is 0 Å². The Kier molecular flexibility index (Phi) is 3.89. The van der Waals surface area contributed by atoms with Gasteiger partial charge in [0.15, 0.2) is 0 Å². The van der Waals surface area contributed by atoms with Crippen LogP contribution in [0.15, 0.2) is 60.7 Å². The minimum Gasteiger partial charge on any atom is -0.496 e. The highest BCUT2D eigenvalue weighted by molar-refractivity contribution is 6.00. The molecule has 0 atom stereocenters. The average Bonchev–Trinajstić information content (AvgIpc) is 2.55. The summed E-state index contributed by atoms with van der Waals surface area (Å²) in [6.07, 6.45) is 0. The maximum absolute atomic E-state index is 5.46. The molecule has 0 bridgehead atoms. The molecule has 106 valence electrons. The van der Waals surface area contributed by atoms with Crippen molar-refractivity contribution in [3.05, 3.63) is 66.2 Å². The van der Waals surface area contributed by atoms with E-state index in [1.807, 2.05) is 19.2 Å². The molecule has 3 aromatic rings. The summed E-state index contributed by atoms with van der Waals surface area (Å²) in [7, 11) is 3.68. The van der Waals surface area contributed by atoms with Gasteiger partial charge in [-0.05, 0) is 35.2 Å². The molecule has 0 aromatic heterocycles. The van der Waals surface area contributed by atoms with Crippen LogP contribution in [-0.2, 0) is 6.54 Å². The van der Waals surface area contributed by atoms with Gasteiger partial charge >= 0.3 is 0 Å². The van der Waals surface area contributed by atoms with Gasteiger partial charge in [0, 0.05) is 11.9 Å². The molecule has 2 nitrogen and oxygen atoms in total. The molecular weight excluding hydrogens is 258 g/mol. The van der Waals surface area contributed by atoms with E-state index in [9.17, 15) is 0 Å². The van der Waals surface area contributed by atoms with Crippen LogP contribution in [0.25, 0.3) is 21.9 Å². The number of methoxy groups -OCH3 is 1. The molecule has 0 amide bonds. The van der Waals surface area contributed by atoms with Crippen molar-refractivity contribution < 1.29 is 4.74 Å². The molecule has 0 saturated carbocycles. The highest BCUT2D eigenvalue weighted by atomic mass is 16.5. The maximum Gasteiger partial charge on any atom is 0.126 e. The lowest BCUT2D eigenvalue weighted by Gasteiger charge is -2.11. The van der Waals surface area contributed by atoms with E-state index in [4.69, 9.17) is 4.74 Å². The zero-order valence-electron chi connectivity index (χ0n) is 12.4. The van der Waals surface area contributed by atoms with Crippen LogP contribution in [0.3, 0.4) is 0 Å². The van der Waals surface area contributed by atoms with Crippen LogP contribution < -0.4 is 10.1 Å². The predicted octanol–water partition coefficient (Wildman–Crippen LogP) is 4.23. The van der Waals surface area contributed by atoms with E-state index in [-0.39, 0.29) is 0 Å². The van der Waals surface area contributed by atoms with Gasteiger partial charge in [-0.3, -0.25) is 0 Å². The largest absolute Gasteiger partial charge is 0.496 e. The smallest absolute Gasteiger partial charge is 0.126 e. The molecule has 3 aromatic carbocycles. The molecule has 3 rings (SSSR count). The Morgan fingerprint density at radius 2 is 1.57 bits per heavy atom. The quantitative estimate of drug-likeness (QED) is 0.770. The molecule has 0 aliphatic rings. The minimum absolute atomic E-state index is 0.893. The summed E-state index contributed by atoms with van der Waals surface area (Å²) in [4.78, 5) is 0. The van der Waals surface area contributed by atoms with E-state index in [0.29, 0.717) is 0 Å². The minimum atomic E-state index is 0.893. The normalized spacial score (nSPS) is 10.8. The highest BCUT2D eigenvalue weighted by Crippen LogP contribution is 2.34. The SMILES string of the molecule is CNCc1ccc(-c2ccc(OC)c3ccccc23)cc1. The topological polar surface area (TPSA) is 21.3 Å². The lowest BCUT2D eigenvalue weighted by molar-refractivity contribution is 0.420. The molecular formula is C19H19NO. The Hall–Kier alpha value is -2.32. The van der Waals surface area contributed by atoms with Crippen molar-refractivity contribution in [2.45, 2.75) is 6.54 Å². The predicted molar refractivity (Wildman–Crippen MR) is 88.7 cm³/mol. The number of benzene rings is 3. The number of ether oxygens (including phenoxy) is 1. The molecule has 21 heavy (non-hydrogen) atoms. The second kappa shape index (κ2) is 5.98. The second-order valence-corrected chi connectivity index (χ2v) is 5.09. The Morgan fingerprint density at radius 1 is 0.857 bits per heavy atom. The summed E-state index contributed by atoms with van der Waals surface area (Å²) < 4.78 is 5.46. The Bertz CT molecular complexity index is 747. The van der Waals surface area contributed by atoms with Gasteiger partial charge in [0.25, 0.3) is 0 Å². The zero-order valence-corrected chi connectivity index (χ0v) is 12.4. The molecule has 0 saturated heterocycles. The summed E-state index contributed by atoms with van der Waals surface area (Å²) >= 11 is 0. The van der Waals surface area contributed by atoms with Crippen molar-refractivity contribution in [2.24, 2.45) is 0 Å². The van der Waals surface area contributed by atoms with Gasteiger partial charge < -0.3 is 10.1 Å². The highest BCUT2D eigenvalue weighted by Gasteiger charge is 2.07. The third kappa shape index (κ3) is 2.63. The number of rotatable bonds is 4. The average molecular weight is 277 g/mol. The number of fused-ring (bicyclic) bond motifs is 1. The van der Waals surface area contributed by atoms with E-state index in [1.165, 1.54) is 22.1 Å². The number of hydrogen-bond acceptors (Lipinski definition) is 2. The van der Waals surface area contributed by atoms with Gasteiger partial charge in [-0.1, -0.05) is 54.6 Å². The van der Waals surface area contributed by atoms with Crippen LogP contribution in [0.1, 0.15) is 5.56 Å². The molecule has 0 aliphatic carbocycles. The van der Waals surface area contributed by atoms with Gasteiger partial charge in [-0.2, -0.15) is 0 Å². The summed E-state index contributed by atoms with van der Waals surface area (Å²) in [5.74, 6) is 0.918. The van der Waals surface area contributed by atoms with Gasteiger partial charge in [-0.15, -0.1) is 0 Å². The fourth-order valence-electron chi connectivity index (χ4n) is 2.71. The maximum atomic E-state index is 5.46. The molecule has 0 unspecified atom stereocenters. The summed E-state index contributed by atoms with van der Waals surface area (Å²) in [5.41, 5.74) is 3.76. The first-order chi connectivity index (χ1) is 10.3. The molecule has 0 radical (unpaired) electrons. The number of hydrogen-bond donors (Lipinski definition) is 1. The van der Waals surface area contributed by atoms with E-state index in [1.54, 1.807) is 7.11 Å². The molecule has 0 spiro atoms. The standard InChI is InChI=1S/C19H19NO/c1-20-13-14-7-9-15(10-8-14)16-11-12-19(21-2)18-6-4-3-5-17(16)18/h3-12,20H,13H2,1-2H3. The molecule has 0 fully saturated rings. The molecule has 1 N–H and O–H groups in total. The Balaban J connectivity index is 2.12. The fourth-order valence-corrected chi connectivity index (χ4v) is 2.71. The van der Waals surface area contributed by atoms with Crippen LogP contribution in [0, 0.1) is 0 Å². The van der Waals surface area contributed by atoms with E-state index in [2.05, 4.69) is 53.8 Å². The molecule has 0 aliphatic heterocycles. The van der Waals surface area contributed by atoms with Crippen LogP contribution in [0.2, 0.25) is 0 Å². The molecule has 0 heterocycles. The Morgan fingerprint density at radius 3 is 2.24 bits per heavy atom. The summed E-state index contributed by atoms with van der Waals surface area (Å²) in [6, 6.07) is 21.2. The molecule has 2 heteroatoms. The van der Waals surface area contributed by atoms with Crippen molar-refractivity contribution in [3.8, 4) is 16.9 Å². The Labute approximate surface area is 125 Å². The van der Waals surface area contributed by atoms with Gasteiger partial charge in [0.2, 0.25) is 0 Å². The van der Waals surface area contributed by atoms with Crippen LogP contribution in [0.4, 0.5) is 0 Å². The van der Waals surface area contributed by atoms with Crippen LogP contribution in [-0.4, -0.2) is 14.2 Å². The van der Waals surface area contributed by atoms with Crippen molar-refractivity contribution in [1.82, 2.24) is 5.32 Å². The lowest BCUT2D eigenvalue weighted by atomic mass is 9.97. The first-order valence-corrected chi connectivity index (χ1v) is 7.13. The van der Waals surface area contributed by atoms with E-state index >= 15 is 0 Å². The van der Waals surface area contributed by atoms with E-state index < -0.39 is 0 Å². The van der Waals surface area contributed by atoms with Crippen molar-refractivity contribution in [2.75, 3.05) is 14.2 Å². The van der Waals surface area contributed by atoms with Crippen molar-refractivity contribution >= 4 is 10.8 Å². The van der Waals surface area contributed by atoms with Gasteiger partial charge in [0.1, 0.15) is 5.75 Å². The first kappa shape index (κ1) is 13.7.